The molecule has 0 aliphatic rings. The Labute approximate surface area is 64.7 Å². The molecular formula is C4H5BrN4O. The van der Waals surface area contributed by atoms with Gasteiger partial charge < -0.3 is 10.9 Å². The highest BCUT2D eigenvalue weighted by Crippen LogP contribution is 2.12. The minimum absolute atomic E-state index is 0.0694. The molecule has 4 N–H and O–H groups in total. The zero-order valence-electron chi connectivity index (χ0n) is 4.87. The van der Waals surface area contributed by atoms with E-state index < -0.39 is 0 Å². The number of nitrogens with two attached hydrogens (primary N) is 1. The lowest BCUT2D eigenvalue weighted by Crippen LogP contribution is -2.23. The van der Waals surface area contributed by atoms with Crippen molar-refractivity contribution in [3.05, 3.63) is 16.3 Å². The predicted molar refractivity (Wildman–Crippen MR) is 37.4 cm³/mol. The Bertz CT molecular complexity index is 307. The van der Waals surface area contributed by atoms with Crippen molar-refractivity contribution >= 4 is 21.7 Å². The van der Waals surface area contributed by atoms with Crippen LogP contribution in [0.3, 0.4) is 0 Å². The topological polar surface area (TPSA) is 87.9 Å². The van der Waals surface area contributed by atoms with Crippen molar-refractivity contribution < 1.29 is 5.21 Å². The smallest absolute Gasteiger partial charge is 0.257 e. The van der Waals surface area contributed by atoms with Crippen molar-refractivity contribution in [2.24, 2.45) is 0 Å². The summed E-state index contributed by atoms with van der Waals surface area (Å²) in [7, 11) is 0. The van der Waals surface area contributed by atoms with Crippen LogP contribution in [0.25, 0.3) is 0 Å². The van der Waals surface area contributed by atoms with E-state index in [1.54, 1.807) is 0 Å². The van der Waals surface area contributed by atoms with Gasteiger partial charge in [0, 0.05) is 6.20 Å². The Morgan fingerprint density at radius 2 is 2.40 bits per heavy atom. The molecule has 0 saturated carbocycles. The van der Waals surface area contributed by atoms with Gasteiger partial charge in [-0.15, -0.1) is 4.73 Å². The molecule has 0 atom stereocenters. The Morgan fingerprint density at radius 1 is 1.80 bits per heavy atom. The second kappa shape index (κ2) is 2.30. The van der Waals surface area contributed by atoms with Gasteiger partial charge in [0.05, 0.1) is 4.47 Å². The molecule has 54 valence electrons. The quantitative estimate of drug-likeness (QED) is 0.518. The molecule has 0 aliphatic heterocycles. The molecule has 0 bridgehead atoms. The minimum atomic E-state index is -0.291. The molecule has 0 saturated heterocycles. The van der Waals surface area contributed by atoms with Gasteiger partial charge in [-0.3, -0.25) is 5.41 Å². The minimum Gasteiger partial charge on any atom is -0.423 e. The van der Waals surface area contributed by atoms with E-state index in [1.165, 1.54) is 6.20 Å². The van der Waals surface area contributed by atoms with E-state index in [1.807, 2.05) is 0 Å². The van der Waals surface area contributed by atoms with Crippen LogP contribution in [0.1, 0.15) is 0 Å². The summed E-state index contributed by atoms with van der Waals surface area (Å²) < 4.78 is 0.954. The Kier molecular flexibility index (Phi) is 1.62. The maximum absolute atomic E-state index is 8.90. The number of hydrogen-bond donors (Lipinski definition) is 3. The van der Waals surface area contributed by atoms with Crippen LogP contribution >= 0.6 is 15.9 Å². The molecule has 10 heavy (non-hydrogen) atoms. The molecule has 0 spiro atoms. The Hall–Kier alpha value is -1.04. The summed E-state index contributed by atoms with van der Waals surface area (Å²) in [5, 5.41) is 15.9. The maximum Gasteiger partial charge on any atom is 0.257 e. The third kappa shape index (κ3) is 0.971. The average molecular weight is 205 g/mol. The summed E-state index contributed by atoms with van der Waals surface area (Å²) in [6.07, 6.45) is 1.35. The van der Waals surface area contributed by atoms with Crippen molar-refractivity contribution in [2.75, 3.05) is 5.73 Å². The van der Waals surface area contributed by atoms with Crippen LogP contribution in [0.5, 0.6) is 0 Å². The summed E-state index contributed by atoms with van der Waals surface area (Å²) in [5.74, 6) is 0.0694. The molecule has 0 aromatic carbocycles. The van der Waals surface area contributed by atoms with Crippen molar-refractivity contribution in [2.45, 2.75) is 0 Å². The molecular weight excluding hydrogens is 200 g/mol. The van der Waals surface area contributed by atoms with Crippen LogP contribution < -0.4 is 11.4 Å². The second-order valence-corrected chi connectivity index (χ2v) is 2.48. The maximum atomic E-state index is 8.90. The third-order valence-corrected chi connectivity index (χ3v) is 1.58. The number of halogens is 1. The molecule has 1 rings (SSSR count). The van der Waals surface area contributed by atoms with E-state index in [0.717, 1.165) is 0 Å². The molecule has 5 nitrogen and oxygen atoms in total. The van der Waals surface area contributed by atoms with Gasteiger partial charge in [0.2, 0.25) is 0 Å². The summed E-state index contributed by atoms with van der Waals surface area (Å²) in [5.41, 5.74) is 5.00. The summed E-state index contributed by atoms with van der Waals surface area (Å²) >= 11 is 3.03. The third-order valence-electron chi connectivity index (χ3n) is 0.974. The van der Waals surface area contributed by atoms with Crippen LogP contribution in [0, 0.1) is 5.41 Å². The van der Waals surface area contributed by atoms with Gasteiger partial charge in [0.1, 0.15) is 0 Å². The monoisotopic (exact) mass is 204 g/mol. The van der Waals surface area contributed by atoms with Gasteiger partial charge in [-0.1, -0.05) is 0 Å². The van der Waals surface area contributed by atoms with E-state index in [2.05, 4.69) is 20.9 Å². The summed E-state index contributed by atoms with van der Waals surface area (Å²) in [6.45, 7) is 0. The van der Waals surface area contributed by atoms with Crippen LogP contribution in [0.15, 0.2) is 10.7 Å². The molecule has 0 unspecified atom stereocenters. The lowest BCUT2D eigenvalue weighted by molar-refractivity contribution is 0.171. The first-order valence-electron chi connectivity index (χ1n) is 2.40. The van der Waals surface area contributed by atoms with E-state index in [4.69, 9.17) is 16.4 Å². The van der Waals surface area contributed by atoms with Crippen LogP contribution in [-0.4, -0.2) is 14.9 Å². The first kappa shape index (κ1) is 7.07. The van der Waals surface area contributed by atoms with Gasteiger partial charge in [0.25, 0.3) is 5.62 Å². The molecule has 1 aromatic heterocycles. The lowest BCUT2D eigenvalue weighted by atomic mass is 10.6. The number of hydrogen-bond acceptors (Lipinski definition) is 4. The first-order valence-corrected chi connectivity index (χ1v) is 3.19. The number of anilines is 1. The average Bonchev–Trinajstić information content (AvgIpc) is 1.93. The molecule has 0 amide bonds. The molecule has 0 fully saturated rings. The highest BCUT2D eigenvalue weighted by molar-refractivity contribution is 9.10. The van der Waals surface area contributed by atoms with Gasteiger partial charge >= 0.3 is 0 Å². The van der Waals surface area contributed by atoms with Crippen LogP contribution in [-0.2, 0) is 0 Å². The lowest BCUT2D eigenvalue weighted by Gasteiger charge is -2.01. The van der Waals surface area contributed by atoms with Crippen molar-refractivity contribution in [3.63, 3.8) is 0 Å². The predicted octanol–water partition coefficient (Wildman–Crippen LogP) is -0.0554. The number of nitrogen functional groups attached to an aromatic ring is 1. The molecule has 0 radical (unpaired) electrons. The van der Waals surface area contributed by atoms with Crippen molar-refractivity contribution in [1.29, 1.82) is 5.41 Å². The normalized spacial score (nSPS) is 9.70. The van der Waals surface area contributed by atoms with Crippen molar-refractivity contribution in [1.82, 2.24) is 9.71 Å². The first-order chi connectivity index (χ1) is 4.63. The number of aromatic nitrogens is 2. The Morgan fingerprint density at radius 3 is 2.90 bits per heavy atom. The van der Waals surface area contributed by atoms with E-state index in [-0.39, 0.29) is 11.4 Å². The SMILES string of the molecule is N=c1ncc(Br)c(N)n1O. The number of nitrogens with zero attached hydrogens (tertiary/aromatic N) is 2. The molecule has 6 heteroatoms. The van der Waals surface area contributed by atoms with E-state index in [9.17, 15) is 0 Å². The zero-order valence-corrected chi connectivity index (χ0v) is 6.46. The van der Waals surface area contributed by atoms with Gasteiger partial charge in [-0.05, 0) is 15.9 Å². The second-order valence-electron chi connectivity index (χ2n) is 1.63. The number of rotatable bonds is 0. The van der Waals surface area contributed by atoms with Crippen molar-refractivity contribution in [3.8, 4) is 0 Å². The molecule has 1 heterocycles. The number of nitrogens with one attached hydrogen (secondary N) is 1. The van der Waals surface area contributed by atoms with E-state index in [0.29, 0.717) is 9.20 Å². The van der Waals surface area contributed by atoms with Crippen LogP contribution in [0.4, 0.5) is 5.82 Å². The van der Waals surface area contributed by atoms with E-state index >= 15 is 0 Å². The highest BCUT2D eigenvalue weighted by Gasteiger charge is 1.99. The van der Waals surface area contributed by atoms with Gasteiger partial charge in [-0.2, -0.15) is 0 Å². The highest BCUT2D eigenvalue weighted by atomic mass is 79.9. The largest absolute Gasteiger partial charge is 0.423 e. The fraction of sp³-hybridized carbons (Fsp3) is 0. The fourth-order valence-electron chi connectivity index (χ4n) is 0.454. The fourth-order valence-corrected chi connectivity index (χ4v) is 0.724. The van der Waals surface area contributed by atoms with Gasteiger partial charge in [-0.25, -0.2) is 4.98 Å². The standard InChI is InChI=1S/C4H5BrN4O/c5-2-1-8-4(7)9(10)3(2)6/h1,7,10H,6H2. The van der Waals surface area contributed by atoms with Crippen LogP contribution in [0.2, 0.25) is 0 Å². The van der Waals surface area contributed by atoms with Gasteiger partial charge in [0.15, 0.2) is 5.82 Å². The Balaban J connectivity index is 3.49. The molecule has 0 aliphatic carbocycles. The summed E-state index contributed by atoms with van der Waals surface area (Å²) in [4.78, 5) is 3.49. The zero-order chi connectivity index (χ0) is 7.72. The molecule has 1 aromatic rings. The summed E-state index contributed by atoms with van der Waals surface area (Å²) in [6, 6.07) is 0.